The number of halogens is 1. The van der Waals surface area contributed by atoms with Gasteiger partial charge in [0.15, 0.2) is 0 Å². The highest BCUT2D eigenvalue weighted by Crippen LogP contribution is 2.29. The molecule has 0 bridgehead atoms. The van der Waals surface area contributed by atoms with Crippen LogP contribution in [0.1, 0.15) is 20.8 Å². The van der Waals surface area contributed by atoms with E-state index in [1.807, 2.05) is 12.1 Å². The Morgan fingerprint density at radius 1 is 1.45 bits per heavy atom. The second-order valence-electron chi connectivity index (χ2n) is 3.89. The first-order chi connectivity index (χ1) is 4.93. The van der Waals surface area contributed by atoms with Gasteiger partial charge < -0.3 is 0 Å². The van der Waals surface area contributed by atoms with Crippen LogP contribution in [0.2, 0.25) is 0 Å². The summed E-state index contributed by atoms with van der Waals surface area (Å²) in [5.74, 6) is 0. The fourth-order valence-corrected chi connectivity index (χ4v) is 1.81. The van der Waals surface area contributed by atoms with Gasteiger partial charge in [-0.3, -0.25) is 5.01 Å². The molecule has 0 radical (unpaired) electrons. The minimum atomic E-state index is 0.118. The summed E-state index contributed by atoms with van der Waals surface area (Å²) in [6.07, 6.45) is 1.79. The number of nitrogens with zero attached hydrogens (tertiary/aromatic N) is 3. The van der Waals surface area contributed by atoms with Gasteiger partial charge in [0.2, 0.25) is 0 Å². The average Bonchev–Trinajstić information content (AvgIpc) is 2.08. The minimum Gasteiger partial charge on any atom is -0.274 e. The van der Waals surface area contributed by atoms with Crippen molar-refractivity contribution >= 4 is 18.1 Å². The molecule has 0 aromatic carbocycles. The van der Waals surface area contributed by atoms with Gasteiger partial charge in [0.05, 0.1) is 0 Å². The largest absolute Gasteiger partial charge is 0.274 e. The Labute approximate surface area is 72.7 Å². The third kappa shape index (κ3) is 1.59. The van der Waals surface area contributed by atoms with Crippen molar-refractivity contribution in [1.82, 2.24) is 9.43 Å². The molecule has 0 aromatic rings. The molecule has 0 fully saturated rings. The third-order valence-electron chi connectivity index (χ3n) is 1.71. The molecule has 64 valence electrons. The summed E-state index contributed by atoms with van der Waals surface area (Å²) in [7, 11) is 1.93. The van der Waals surface area contributed by atoms with Gasteiger partial charge in [-0.05, 0) is 0 Å². The molecule has 1 atom stereocenters. The van der Waals surface area contributed by atoms with E-state index in [1.54, 1.807) is 10.8 Å². The molecular formula is C7H14ClN3. The first-order valence-corrected chi connectivity index (χ1v) is 3.98. The van der Waals surface area contributed by atoms with Gasteiger partial charge in [0.1, 0.15) is 12.5 Å². The topological polar surface area (TPSA) is 18.8 Å². The molecule has 0 saturated carbocycles. The van der Waals surface area contributed by atoms with Gasteiger partial charge in [0.25, 0.3) is 0 Å². The van der Waals surface area contributed by atoms with Crippen molar-refractivity contribution in [2.24, 2.45) is 10.5 Å². The number of hydrazone groups is 1. The Balaban J connectivity index is 2.74. The quantitative estimate of drug-likeness (QED) is 0.522. The van der Waals surface area contributed by atoms with Gasteiger partial charge in [-0.25, -0.2) is 4.42 Å². The van der Waals surface area contributed by atoms with Crippen LogP contribution in [0.4, 0.5) is 0 Å². The summed E-state index contributed by atoms with van der Waals surface area (Å²) in [4.78, 5) is 0. The summed E-state index contributed by atoms with van der Waals surface area (Å²) in [6, 6.07) is 0. The Morgan fingerprint density at radius 2 is 2.00 bits per heavy atom. The zero-order chi connectivity index (χ0) is 8.65. The van der Waals surface area contributed by atoms with Crippen molar-refractivity contribution in [3.63, 3.8) is 0 Å². The number of hydrogen-bond acceptors (Lipinski definition) is 3. The molecule has 0 aliphatic carbocycles. The third-order valence-corrected chi connectivity index (χ3v) is 1.98. The molecule has 0 N–H and O–H groups in total. The molecule has 4 heteroatoms. The zero-order valence-corrected chi connectivity index (χ0v) is 8.13. The molecule has 3 nitrogen and oxygen atoms in total. The van der Waals surface area contributed by atoms with Crippen LogP contribution in [0.5, 0.6) is 0 Å². The normalized spacial score (nSPS) is 25.0. The van der Waals surface area contributed by atoms with Crippen LogP contribution in [0.15, 0.2) is 5.10 Å². The molecule has 0 spiro atoms. The first kappa shape index (κ1) is 8.65. The van der Waals surface area contributed by atoms with Crippen LogP contribution >= 0.6 is 11.8 Å². The van der Waals surface area contributed by atoms with Crippen LogP contribution in [0, 0.1) is 5.41 Å². The Morgan fingerprint density at radius 3 is 2.18 bits per heavy atom. The van der Waals surface area contributed by atoms with E-state index < -0.39 is 0 Å². The molecule has 1 aliphatic heterocycles. The average molecular weight is 176 g/mol. The minimum absolute atomic E-state index is 0.118. The van der Waals surface area contributed by atoms with E-state index in [4.69, 9.17) is 11.8 Å². The van der Waals surface area contributed by atoms with Crippen LogP contribution in [0.25, 0.3) is 0 Å². The molecule has 11 heavy (non-hydrogen) atoms. The Kier molecular flexibility index (Phi) is 2.01. The van der Waals surface area contributed by atoms with E-state index in [1.165, 1.54) is 0 Å². The van der Waals surface area contributed by atoms with Gasteiger partial charge in [-0.1, -0.05) is 20.8 Å². The fourth-order valence-electron chi connectivity index (χ4n) is 1.35. The van der Waals surface area contributed by atoms with Crippen molar-refractivity contribution in [1.29, 1.82) is 0 Å². The molecule has 1 heterocycles. The van der Waals surface area contributed by atoms with Crippen molar-refractivity contribution in [2.75, 3.05) is 7.05 Å². The highest BCUT2D eigenvalue weighted by atomic mass is 35.5. The Bertz CT molecular complexity index is 161. The van der Waals surface area contributed by atoms with Gasteiger partial charge in [0, 0.05) is 24.2 Å². The first-order valence-electron chi connectivity index (χ1n) is 3.64. The summed E-state index contributed by atoms with van der Waals surface area (Å²) in [5, 5.41) is 5.94. The van der Waals surface area contributed by atoms with Crippen LogP contribution in [0.3, 0.4) is 0 Å². The van der Waals surface area contributed by atoms with Gasteiger partial charge in [-0.15, -0.1) is 0 Å². The number of rotatable bonds is 0. The lowest BCUT2D eigenvalue weighted by Gasteiger charge is -2.34. The second kappa shape index (κ2) is 2.55. The van der Waals surface area contributed by atoms with E-state index >= 15 is 0 Å². The maximum absolute atomic E-state index is 5.90. The summed E-state index contributed by atoms with van der Waals surface area (Å²) in [6.45, 7) is 6.41. The maximum Gasteiger partial charge on any atom is 0.139 e. The lowest BCUT2D eigenvalue weighted by Crippen LogP contribution is -2.43. The second-order valence-corrected chi connectivity index (χ2v) is 4.28. The number of hydrogen-bond donors (Lipinski definition) is 0. The monoisotopic (exact) mass is 175 g/mol. The van der Waals surface area contributed by atoms with Gasteiger partial charge in [-0.2, -0.15) is 5.10 Å². The van der Waals surface area contributed by atoms with E-state index in [2.05, 4.69) is 25.9 Å². The predicted octanol–water partition coefficient (Wildman–Crippen LogP) is 1.70. The van der Waals surface area contributed by atoms with Crippen molar-refractivity contribution in [3.8, 4) is 0 Å². The summed E-state index contributed by atoms with van der Waals surface area (Å²) >= 11 is 5.90. The molecule has 1 aliphatic rings. The molecule has 0 amide bonds. The van der Waals surface area contributed by atoms with Crippen molar-refractivity contribution in [2.45, 2.75) is 26.9 Å². The molecular weight excluding hydrogens is 162 g/mol. The van der Waals surface area contributed by atoms with Crippen LogP contribution in [-0.2, 0) is 0 Å². The smallest absolute Gasteiger partial charge is 0.139 e. The van der Waals surface area contributed by atoms with Crippen LogP contribution in [-0.4, -0.2) is 29.0 Å². The maximum atomic E-state index is 5.90. The highest BCUT2D eigenvalue weighted by Gasteiger charge is 2.35. The van der Waals surface area contributed by atoms with E-state index in [0.29, 0.717) is 0 Å². The van der Waals surface area contributed by atoms with E-state index in [9.17, 15) is 0 Å². The van der Waals surface area contributed by atoms with Gasteiger partial charge >= 0.3 is 0 Å². The van der Waals surface area contributed by atoms with Crippen molar-refractivity contribution in [3.05, 3.63) is 0 Å². The predicted molar refractivity (Wildman–Crippen MR) is 47.2 cm³/mol. The fraction of sp³-hybridized carbons (Fsp3) is 0.857. The van der Waals surface area contributed by atoms with E-state index in [0.717, 1.165) is 0 Å². The Hall–Kier alpha value is -0.440. The molecule has 0 saturated heterocycles. The molecule has 1 unspecified atom stereocenters. The zero-order valence-electron chi connectivity index (χ0n) is 7.37. The lowest BCUT2D eigenvalue weighted by atomic mass is 9.92. The highest BCUT2D eigenvalue weighted by molar-refractivity contribution is 6.19. The SMILES string of the molecule is CN1N=CN(Cl)C1C(C)(C)C. The summed E-state index contributed by atoms with van der Waals surface area (Å²) in [5.41, 5.74) is 0.118. The lowest BCUT2D eigenvalue weighted by molar-refractivity contribution is 0.0948. The summed E-state index contributed by atoms with van der Waals surface area (Å²) < 4.78 is 1.61. The molecule has 0 aromatic heterocycles. The standard InChI is InChI=1S/C7H14ClN3/c1-7(2,3)6-10(4)9-5-11(6)8/h5-6H,1-4H3. The van der Waals surface area contributed by atoms with Crippen LogP contribution < -0.4 is 0 Å². The molecule has 1 rings (SSSR count). The van der Waals surface area contributed by atoms with Crippen molar-refractivity contribution < 1.29 is 0 Å². The van der Waals surface area contributed by atoms with E-state index in [-0.39, 0.29) is 11.6 Å².